The van der Waals surface area contributed by atoms with E-state index in [1.165, 1.54) is 6.92 Å². The van der Waals surface area contributed by atoms with Gasteiger partial charge in [-0.15, -0.1) is 0 Å². The van der Waals surface area contributed by atoms with Crippen LogP contribution in [0.15, 0.2) is 35.5 Å². The summed E-state index contributed by atoms with van der Waals surface area (Å²) in [5.41, 5.74) is 0.874. The number of nitrogens with zero attached hydrogens (tertiary/aromatic N) is 1. The van der Waals surface area contributed by atoms with Crippen LogP contribution in [0.3, 0.4) is 0 Å². The van der Waals surface area contributed by atoms with E-state index in [-0.39, 0.29) is 24.5 Å². The van der Waals surface area contributed by atoms with Crippen LogP contribution in [-0.2, 0) is 19.1 Å². The quantitative estimate of drug-likeness (QED) is 0.636. The summed E-state index contributed by atoms with van der Waals surface area (Å²) in [6, 6.07) is 7.25. The molecule has 0 spiro atoms. The van der Waals surface area contributed by atoms with Crippen molar-refractivity contribution in [3.63, 3.8) is 0 Å². The lowest BCUT2D eigenvalue weighted by Gasteiger charge is -2.28. The van der Waals surface area contributed by atoms with E-state index >= 15 is 0 Å². The molecule has 0 saturated carbocycles. The molecular weight excluding hydrogens is 378 g/mol. The van der Waals surface area contributed by atoms with Gasteiger partial charge >= 0.3 is 18.0 Å². The lowest BCUT2D eigenvalue weighted by atomic mass is 10.0. The number of ether oxygens (including phenoxy) is 3. The Hall–Kier alpha value is -3.54. The van der Waals surface area contributed by atoms with Crippen molar-refractivity contribution in [1.29, 1.82) is 5.26 Å². The van der Waals surface area contributed by atoms with Crippen molar-refractivity contribution in [3.8, 4) is 11.8 Å². The van der Waals surface area contributed by atoms with Crippen LogP contribution in [0.5, 0.6) is 5.75 Å². The first-order valence-electron chi connectivity index (χ1n) is 9.20. The fraction of sp³-hybridized carbons (Fsp3) is 0.400. The normalized spacial score (nSPS) is 16.8. The minimum Gasteiger partial charge on any atom is -0.479 e. The van der Waals surface area contributed by atoms with Crippen LogP contribution >= 0.6 is 0 Å². The van der Waals surface area contributed by atoms with Crippen LogP contribution < -0.4 is 15.4 Å². The highest BCUT2D eigenvalue weighted by atomic mass is 16.6. The molecule has 29 heavy (non-hydrogen) atoms. The Kier molecular flexibility index (Phi) is 7.60. The molecule has 2 amide bonds. The minimum absolute atomic E-state index is 0.176. The molecule has 0 aliphatic carbocycles. The van der Waals surface area contributed by atoms with E-state index in [4.69, 9.17) is 19.5 Å². The van der Waals surface area contributed by atoms with E-state index in [2.05, 4.69) is 10.6 Å². The van der Waals surface area contributed by atoms with Gasteiger partial charge in [-0.2, -0.15) is 5.26 Å². The van der Waals surface area contributed by atoms with Gasteiger partial charge in [0.05, 0.1) is 35.6 Å². The number of amides is 2. The monoisotopic (exact) mass is 401 g/mol. The van der Waals surface area contributed by atoms with E-state index < -0.39 is 30.1 Å². The average Bonchev–Trinajstić information content (AvgIpc) is 2.71. The Bertz CT molecular complexity index is 841. The Morgan fingerprint density at radius 1 is 1.21 bits per heavy atom. The van der Waals surface area contributed by atoms with E-state index in [0.717, 1.165) is 0 Å². The maximum Gasteiger partial charge on any atom is 0.347 e. The van der Waals surface area contributed by atoms with Crippen LogP contribution in [0.1, 0.15) is 32.8 Å². The average molecular weight is 401 g/mol. The van der Waals surface area contributed by atoms with Gasteiger partial charge in [-0.3, -0.25) is 0 Å². The first kappa shape index (κ1) is 21.8. The predicted molar refractivity (Wildman–Crippen MR) is 102 cm³/mol. The number of urea groups is 1. The summed E-state index contributed by atoms with van der Waals surface area (Å²) in [6.45, 7) is 4.87. The second-order valence-corrected chi connectivity index (χ2v) is 6.18. The molecule has 0 radical (unpaired) electrons. The molecule has 1 aromatic carbocycles. The van der Waals surface area contributed by atoms with Gasteiger partial charge in [-0.05, 0) is 44.5 Å². The molecule has 154 valence electrons. The van der Waals surface area contributed by atoms with E-state index in [0.29, 0.717) is 17.7 Å². The van der Waals surface area contributed by atoms with Crippen molar-refractivity contribution < 1.29 is 28.6 Å². The molecule has 0 bridgehead atoms. The zero-order valence-electron chi connectivity index (χ0n) is 16.5. The second kappa shape index (κ2) is 10.1. The second-order valence-electron chi connectivity index (χ2n) is 6.18. The topological polar surface area (TPSA) is 127 Å². The number of nitriles is 1. The number of hydrogen-bond donors (Lipinski definition) is 2. The van der Waals surface area contributed by atoms with Gasteiger partial charge in [0.1, 0.15) is 12.4 Å². The highest BCUT2D eigenvalue weighted by Gasteiger charge is 2.32. The third-order valence-corrected chi connectivity index (χ3v) is 4.13. The number of nitrogens with one attached hydrogen (secondary N) is 2. The Labute approximate surface area is 168 Å². The SMILES string of the molecule is CCOC(=O)C1=C(COC(=O)[C@H](C)Oc2ccc(C#N)cc2)NC(=O)N[C@@H]1CC. The number of esters is 2. The Morgan fingerprint density at radius 3 is 2.48 bits per heavy atom. The van der Waals surface area contributed by atoms with Crippen LogP contribution in [0.2, 0.25) is 0 Å². The maximum absolute atomic E-state index is 12.3. The number of hydrogen-bond acceptors (Lipinski definition) is 7. The fourth-order valence-electron chi connectivity index (χ4n) is 2.70. The number of carbonyl (C=O) groups is 3. The summed E-state index contributed by atoms with van der Waals surface area (Å²) in [5.74, 6) is -0.855. The van der Waals surface area contributed by atoms with Crippen molar-refractivity contribution in [2.75, 3.05) is 13.2 Å². The van der Waals surface area contributed by atoms with Gasteiger partial charge in [0.25, 0.3) is 0 Å². The summed E-state index contributed by atoms with van der Waals surface area (Å²) < 4.78 is 15.8. The first-order valence-corrected chi connectivity index (χ1v) is 9.20. The molecule has 9 nitrogen and oxygen atoms in total. The summed E-state index contributed by atoms with van der Waals surface area (Å²) in [5, 5.41) is 14.0. The fourth-order valence-corrected chi connectivity index (χ4v) is 2.70. The van der Waals surface area contributed by atoms with Gasteiger partial charge < -0.3 is 24.8 Å². The lowest BCUT2D eigenvalue weighted by Crippen LogP contribution is -2.51. The third-order valence-electron chi connectivity index (χ3n) is 4.13. The highest BCUT2D eigenvalue weighted by molar-refractivity contribution is 5.95. The predicted octanol–water partition coefficient (Wildman–Crippen LogP) is 1.78. The summed E-state index contributed by atoms with van der Waals surface area (Å²) in [7, 11) is 0. The molecule has 0 fully saturated rings. The van der Waals surface area contributed by atoms with Crippen molar-refractivity contribution in [2.45, 2.75) is 39.3 Å². The van der Waals surface area contributed by atoms with Crippen molar-refractivity contribution >= 4 is 18.0 Å². The summed E-state index contributed by atoms with van der Waals surface area (Å²) in [4.78, 5) is 36.4. The molecule has 2 rings (SSSR count). The molecule has 1 heterocycles. The molecule has 1 aliphatic heterocycles. The molecule has 0 saturated heterocycles. The molecule has 0 aromatic heterocycles. The van der Waals surface area contributed by atoms with Crippen LogP contribution in [-0.4, -0.2) is 43.3 Å². The minimum atomic E-state index is -0.936. The van der Waals surface area contributed by atoms with Gasteiger partial charge in [0.2, 0.25) is 0 Å². The first-order chi connectivity index (χ1) is 13.9. The largest absolute Gasteiger partial charge is 0.479 e. The van der Waals surface area contributed by atoms with E-state index in [9.17, 15) is 14.4 Å². The van der Waals surface area contributed by atoms with Gasteiger partial charge in [-0.1, -0.05) is 6.92 Å². The Morgan fingerprint density at radius 2 is 1.90 bits per heavy atom. The standard InChI is InChI=1S/C20H23N3O6/c1-4-15-17(19(25)27-5-2)16(23-20(26)22-15)11-28-18(24)12(3)29-14-8-6-13(10-21)7-9-14/h6-9,12,15H,4-5,11H2,1-3H3,(H2,22,23,26)/t12-,15+/m0/s1. The highest BCUT2D eigenvalue weighted by Crippen LogP contribution is 2.18. The molecule has 9 heteroatoms. The smallest absolute Gasteiger partial charge is 0.347 e. The summed E-state index contributed by atoms with van der Waals surface area (Å²) in [6.07, 6.45) is -0.467. The molecule has 0 unspecified atom stereocenters. The third kappa shape index (κ3) is 5.72. The molecule has 2 atom stereocenters. The van der Waals surface area contributed by atoms with Crippen molar-refractivity contribution in [3.05, 3.63) is 41.1 Å². The zero-order valence-corrected chi connectivity index (χ0v) is 16.5. The number of carbonyl (C=O) groups excluding carboxylic acids is 3. The van der Waals surface area contributed by atoms with Crippen LogP contribution in [0, 0.1) is 11.3 Å². The zero-order chi connectivity index (χ0) is 21.4. The number of rotatable bonds is 8. The van der Waals surface area contributed by atoms with Crippen molar-refractivity contribution in [1.82, 2.24) is 10.6 Å². The molecule has 1 aromatic rings. The Balaban J connectivity index is 2.06. The number of benzene rings is 1. The van der Waals surface area contributed by atoms with Crippen LogP contribution in [0.25, 0.3) is 0 Å². The molecule has 2 N–H and O–H groups in total. The van der Waals surface area contributed by atoms with E-state index in [1.807, 2.05) is 13.0 Å². The maximum atomic E-state index is 12.3. The van der Waals surface area contributed by atoms with Crippen LogP contribution in [0.4, 0.5) is 4.79 Å². The summed E-state index contributed by atoms with van der Waals surface area (Å²) >= 11 is 0. The van der Waals surface area contributed by atoms with Gasteiger partial charge in [0.15, 0.2) is 6.10 Å². The van der Waals surface area contributed by atoms with E-state index in [1.54, 1.807) is 31.2 Å². The molecule has 1 aliphatic rings. The van der Waals surface area contributed by atoms with Gasteiger partial charge in [-0.25, -0.2) is 14.4 Å². The van der Waals surface area contributed by atoms with Crippen molar-refractivity contribution in [2.24, 2.45) is 0 Å². The molecular formula is C20H23N3O6. The lowest BCUT2D eigenvalue weighted by molar-refractivity contribution is -0.150. The van der Waals surface area contributed by atoms with Gasteiger partial charge in [0, 0.05) is 0 Å².